The third-order valence-corrected chi connectivity index (χ3v) is 5.58. The summed E-state index contributed by atoms with van der Waals surface area (Å²) in [5.74, 6) is -0.0671. The average Bonchev–Trinajstić information content (AvgIpc) is 3.12. The minimum Gasteiger partial charge on any atom is -0.493 e. The van der Waals surface area contributed by atoms with Gasteiger partial charge in [0.25, 0.3) is 0 Å². The van der Waals surface area contributed by atoms with Crippen molar-refractivity contribution in [3.8, 4) is 5.75 Å². The van der Waals surface area contributed by atoms with E-state index in [1.807, 2.05) is 13.0 Å². The summed E-state index contributed by atoms with van der Waals surface area (Å²) in [7, 11) is 0. The van der Waals surface area contributed by atoms with Crippen LogP contribution >= 0.6 is 11.6 Å². The molecule has 1 aromatic carbocycles. The summed E-state index contributed by atoms with van der Waals surface area (Å²) >= 11 is 5.99. The molecule has 0 bridgehead atoms. The minimum absolute atomic E-state index is 0.0604. The van der Waals surface area contributed by atoms with E-state index < -0.39 is 11.4 Å². The maximum atomic E-state index is 12.5. The van der Waals surface area contributed by atoms with E-state index in [1.165, 1.54) is 0 Å². The summed E-state index contributed by atoms with van der Waals surface area (Å²) in [6.07, 6.45) is 2.46. The van der Waals surface area contributed by atoms with Crippen LogP contribution in [-0.4, -0.2) is 41.7 Å². The number of hydrogen-bond donors (Lipinski definition) is 2. The summed E-state index contributed by atoms with van der Waals surface area (Å²) in [6, 6.07) is 5.08. The highest BCUT2D eigenvalue weighted by Gasteiger charge is 2.55. The molecule has 0 radical (unpaired) electrons. The molecular weight excluding hydrogens is 344 g/mol. The molecule has 1 saturated carbocycles. The molecular formula is C18H23ClN2O4. The second-order valence-corrected chi connectivity index (χ2v) is 7.21. The Morgan fingerprint density at radius 2 is 2.28 bits per heavy atom. The number of likely N-dealkylation sites (tertiary alicyclic amines) is 1. The van der Waals surface area contributed by atoms with E-state index in [1.54, 1.807) is 17.0 Å². The summed E-state index contributed by atoms with van der Waals surface area (Å²) in [5.41, 5.74) is 0.0839. The number of nitrogens with zero attached hydrogens (tertiary/aromatic N) is 1. The zero-order valence-corrected chi connectivity index (χ0v) is 15.0. The standard InChI is InChI=1S/C18H23ClN2O4/c1-2-25-15-8-14(19)6-5-12(15)9-20-17(24)21-10-13-4-3-7-18(13,11-21)16(22)23/h5-6,8,13H,2-4,7,9-11H2,1H3,(H,20,24)(H,22,23)/t13-,18+/m0/s1. The molecule has 0 spiro atoms. The van der Waals surface area contributed by atoms with E-state index >= 15 is 0 Å². The number of carbonyl (C=O) groups is 2. The molecule has 0 unspecified atom stereocenters. The van der Waals surface area contributed by atoms with E-state index in [0.717, 1.165) is 18.4 Å². The smallest absolute Gasteiger partial charge is 0.317 e. The van der Waals surface area contributed by atoms with Crippen LogP contribution in [0.1, 0.15) is 31.7 Å². The van der Waals surface area contributed by atoms with Crippen molar-refractivity contribution >= 4 is 23.6 Å². The van der Waals surface area contributed by atoms with Gasteiger partial charge in [-0.15, -0.1) is 0 Å². The molecule has 0 aromatic heterocycles. The highest BCUT2D eigenvalue weighted by Crippen LogP contribution is 2.48. The minimum atomic E-state index is -0.776. The molecule has 2 atom stereocenters. The van der Waals surface area contributed by atoms with Gasteiger partial charge < -0.3 is 20.1 Å². The van der Waals surface area contributed by atoms with Crippen LogP contribution in [0.2, 0.25) is 5.02 Å². The van der Waals surface area contributed by atoms with Crippen molar-refractivity contribution in [1.82, 2.24) is 10.2 Å². The lowest BCUT2D eigenvalue weighted by molar-refractivity contribution is -0.149. The fourth-order valence-electron chi connectivity index (χ4n) is 4.04. The van der Waals surface area contributed by atoms with Crippen LogP contribution in [0.4, 0.5) is 4.79 Å². The number of ether oxygens (including phenoxy) is 1. The SMILES string of the molecule is CCOc1cc(Cl)ccc1CNC(=O)N1C[C@@H]2CCC[C@@]2(C(=O)O)C1. The third-order valence-electron chi connectivity index (χ3n) is 5.34. The van der Waals surface area contributed by atoms with Gasteiger partial charge >= 0.3 is 12.0 Å². The molecule has 3 rings (SSSR count). The number of carbonyl (C=O) groups excluding carboxylic acids is 1. The Balaban J connectivity index is 1.64. The quantitative estimate of drug-likeness (QED) is 0.839. The summed E-state index contributed by atoms with van der Waals surface area (Å²) in [5, 5.41) is 13.1. The number of nitrogens with one attached hydrogen (secondary N) is 1. The Morgan fingerprint density at radius 1 is 1.48 bits per heavy atom. The number of carboxylic acid groups (broad SMARTS) is 1. The maximum absolute atomic E-state index is 12.5. The van der Waals surface area contributed by atoms with E-state index in [2.05, 4.69) is 5.32 Å². The largest absolute Gasteiger partial charge is 0.493 e. The fraction of sp³-hybridized carbons (Fsp3) is 0.556. The molecule has 2 amide bonds. The molecule has 2 N–H and O–H groups in total. The maximum Gasteiger partial charge on any atom is 0.317 e. The number of aliphatic carboxylic acids is 1. The van der Waals surface area contributed by atoms with Gasteiger partial charge in [-0.05, 0) is 37.8 Å². The number of urea groups is 1. The van der Waals surface area contributed by atoms with Gasteiger partial charge in [0, 0.05) is 30.2 Å². The molecule has 1 aliphatic heterocycles. The van der Waals surface area contributed by atoms with E-state index in [9.17, 15) is 14.7 Å². The molecule has 7 heteroatoms. The lowest BCUT2D eigenvalue weighted by Crippen LogP contribution is -2.41. The van der Waals surface area contributed by atoms with Gasteiger partial charge in [0.2, 0.25) is 0 Å². The number of fused-ring (bicyclic) bond motifs is 1. The molecule has 1 saturated heterocycles. The number of hydrogen-bond acceptors (Lipinski definition) is 3. The van der Waals surface area contributed by atoms with Crippen molar-refractivity contribution in [3.63, 3.8) is 0 Å². The van der Waals surface area contributed by atoms with Crippen molar-refractivity contribution in [3.05, 3.63) is 28.8 Å². The van der Waals surface area contributed by atoms with Crippen LogP contribution in [0.15, 0.2) is 18.2 Å². The second kappa shape index (κ2) is 7.12. The first kappa shape index (κ1) is 17.9. The molecule has 1 aromatic rings. The van der Waals surface area contributed by atoms with Gasteiger partial charge in [0.15, 0.2) is 0 Å². The first-order chi connectivity index (χ1) is 12.0. The van der Waals surface area contributed by atoms with Gasteiger partial charge in [-0.2, -0.15) is 0 Å². The summed E-state index contributed by atoms with van der Waals surface area (Å²) in [4.78, 5) is 25.9. The van der Waals surface area contributed by atoms with Gasteiger partial charge in [-0.1, -0.05) is 24.1 Å². The van der Waals surface area contributed by atoms with Gasteiger partial charge in [0.1, 0.15) is 5.75 Å². The summed E-state index contributed by atoms with van der Waals surface area (Å²) in [6.45, 7) is 3.51. The topological polar surface area (TPSA) is 78.9 Å². The number of amides is 2. The normalized spacial score (nSPS) is 24.9. The summed E-state index contributed by atoms with van der Waals surface area (Å²) < 4.78 is 5.56. The van der Waals surface area contributed by atoms with Crippen LogP contribution in [0, 0.1) is 11.3 Å². The van der Waals surface area contributed by atoms with Crippen molar-refractivity contribution in [2.24, 2.45) is 11.3 Å². The number of carboxylic acids is 1. The number of halogens is 1. The lowest BCUT2D eigenvalue weighted by atomic mass is 9.81. The van der Waals surface area contributed by atoms with Crippen LogP contribution in [0.3, 0.4) is 0 Å². The third kappa shape index (κ3) is 3.40. The second-order valence-electron chi connectivity index (χ2n) is 6.77. The molecule has 1 heterocycles. The predicted octanol–water partition coefficient (Wildman–Crippen LogP) is 3.14. The molecule has 2 aliphatic rings. The Hall–Kier alpha value is -1.95. The Morgan fingerprint density at radius 3 is 2.96 bits per heavy atom. The number of rotatable bonds is 5. The lowest BCUT2D eigenvalue weighted by Gasteiger charge is -2.23. The Labute approximate surface area is 152 Å². The Bertz CT molecular complexity index is 681. The van der Waals surface area contributed by atoms with Crippen LogP contribution in [0.25, 0.3) is 0 Å². The monoisotopic (exact) mass is 366 g/mol. The highest BCUT2D eigenvalue weighted by atomic mass is 35.5. The van der Waals surface area contributed by atoms with Crippen molar-refractivity contribution < 1.29 is 19.4 Å². The van der Waals surface area contributed by atoms with E-state index in [-0.39, 0.29) is 18.5 Å². The predicted molar refractivity (Wildman–Crippen MR) is 93.8 cm³/mol. The van der Waals surface area contributed by atoms with Gasteiger partial charge in [-0.25, -0.2) is 4.79 Å². The zero-order valence-electron chi connectivity index (χ0n) is 14.3. The molecule has 136 valence electrons. The first-order valence-electron chi connectivity index (χ1n) is 8.63. The van der Waals surface area contributed by atoms with E-state index in [0.29, 0.717) is 36.9 Å². The van der Waals surface area contributed by atoms with Crippen molar-refractivity contribution in [1.29, 1.82) is 0 Å². The average molecular weight is 367 g/mol. The first-order valence-corrected chi connectivity index (χ1v) is 9.01. The van der Waals surface area contributed by atoms with Gasteiger partial charge in [0.05, 0.1) is 12.0 Å². The number of benzene rings is 1. The van der Waals surface area contributed by atoms with Crippen LogP contribution in [0.5, 0.6) is 5.75 Å². The molecule has 2 fully saturated rings. The Kier molecular flexibility index (Phi) is 5.08. The van der Waals surface area contributed by atoms with Gasteiger partial charge in [-0.3, -0.25) is 4.79 Å². The highest BCUT2D eigenvalue weighted by molar-refractivity contribution is 6.30. The zero-order chi connectivity index (χ0) is 18.0. The van der Waals surface area contributed by atoms with E-state index in [4.69, 9.17) is 16.3 Å². The van der Waals surface area contributed by atoms with Crippen molar-refractivity contribution in [2.45, 2.75) is 32.7 Å². The molecule has 25 heavy (non-hydrogen) atoms. The van der Waals surface area contributed by atoms with Crippen molar-refractivity contribution in [2.75, 3.05) is 19.7 Å². The molecule has 6 nitrogen and oxygen atoms in total. The molecule has 1 aliphatic carbocycles. The van der Waals surface area contributed by atoms with Crippen LogP contribution < -0.4 is 10.1 Å². The fourth-order valence-corrected chi connectivity index (χ4v) is 4.20. The van der Waals surface area contributed by atoms with Crippen LogP contribution in [-0.2, 0) is 11.3 Å².